The fourth-order valence-corrected chi connectivity index (χ4v) is 2.03. The van der Waals surface area contributed by atoms with E-state index in [0.29, 0.717) is 24.1 Å². The topological polar surface area (TPSA) is 75.7 Å². The van der Waals surface area contributed by atoms with Crippen molar-refractivity contribution in [3.63, 3.8) is 0 Å². The predicted octanol–water partition coefficient (Wildman–Crippen LogP) is 3.13. The molecule has 0 saturated heterocycles. The van der Waals surface area contributed by atoms with Crippen LogP contribution in [0.15, 0.2) is 6.20 Å². The maximum atomic E-state index is 5.79. The first-order valence-corrected chi connectivity index (χ1v) is 7.43. The van der Waals surface area contributed by atoms with Crippen molar-refractivity contribution in [2.45, 2.75) is 46.0 Å². The fourth-order valence-electron chi connectivity index (χ4n) is 2.03. The van der Waals surface area contributed by atoms with Gasteiger partial charge in [-0.3, -0.25) is 5.10 Å². The molecule has 0 aliphatic heterocycles. The number of aromatic amines is 1. The first-order valence-electron chi connectivity index (χ1n) is 7.43. The van der Waals surface area contributed by atoms with Gasteiger partial charge in [-0.1, -0.05) is 32.6 Å². The van der Waals surface area contributed by atoms with Gasteiger partial charge in [-0.15, -0.1) is 0 Å². The SMILES string of the molecule is CCCCCCCOc1nc(NCC)nc2[nH]ncc12. The number of nitrogens with zero attached hydrogens (tertiary/aromatic N) is 3. The van der Waals surface area contributed by atoms with Gasteiger partial charge >= 0.3 is 0 Å². The number of hydrogen-bond acceptors (Lipinski definition) is 5. The van der Waals surface area contributed by atoms with Crippen molar-refractivity contribution < 1.29 is 4.74 Å². The lowest BCUT2D eigenvalue weighted by Gasteiger charge is -2.08. The molecule has 2 rings (SSSR count). The molecule has 0 fully saturated rings. The van der Waals surface area contributed by atoms with E-state index in [9.17, 15) is 0 Å². The highest BCUT2D eigenvalue weighted by molar-refractivity contribution is 5.80. The van der Waals surface area contributed by atoms with Crippen LogP contribution in [-0.4, -0.2) is 33.3 Å². The van der Waals surface area contributed by atoms with Gasteiger partial charge in [-0.25, -0.2) is 0 Å². The van der Waals surface area contributed by atoms with Gasteiger partial charge in [-0.05, 0) is 13.3 Å². The molecule has 0 saturated carbocycles. The van der Waals surface area contributed by atoms with Crippen molar-refractivity contribution in [1.29, 1.82) is 0 Å². The van der Waals surface area contributed by atoms with E-state index in [1.54, 1.807) is 6.20 Å². The lowest BCUT2D eigenvalue weighted by atomic mass is 10.2. The molecule has 2 N–H and O–H groups in total. The second-order valence-corrected chi connectivity index (χ2v) is 4.78. The molecule has 0 atom stereocenters. The molecule has 0 amide bonds. The largest absolute Gasteiger partial charge is 0.477 e. The van der Waals surface area contributed by atoms with Gasteiger partial charge in [0.15, 0.2) is 5.65 Å². The van der Waals surface area contributed by atoms with E-state index in [-0.39, 0.29) is 0 Å². The molecular formula is C14H23N5O. The minimum absolute atomic E-state index is 0.574. The quantitative estimate of drug-likeness (QED) is 0.689. The highest BCUT2D eigenvalue weighted by Gasteiger charge is 2.10. The summed E-state index contributed by atoms with van der Waals surface area (Å²) in [5.74, 6) is 1.18. The number of ether oxygens (including phenoxy) is 1. The summed E-state index contributed by atoms with van der Waals surface area (Å²) in [5.41, 5.74) is 0.705. The van der Waals surface area contributed by atoms with Gasteiger partial charge in [0, 0.05) is 6.54 Å². The Morgan fingerprint density at radius 1 is 1.15 bits per heavy atom. The Morgan fingerprint density at radius 2 is 2.00 bits per heavy atom. The highest BCUT2D eigenvalue weighted by Crippen LogP contribution is 2.22. The smallest absolute Gasteiger partial charge is 0.229 e. The van der Waals surface area contributed by atoms with Crippen molar-refractivity contribution in [2.75, 3.05) is 18.5 Å². The van der Waals surface area contributed by atoms with E-state index >= 15 is 0 Å². The molecule has 0 unspecified atom stereocenters. The number of hydrogen-bond donors (Lipinski definition) is 2. The van der Waals surface area contributed by atoms with Crippen LogP contribution in [0.4, 0.5) is 5.95 Å². The summed E-state index contributed by atoms with van der Waals surface area (Å²) in [6, 6.07) is 0. The fraction of sp³-hybridized carbons (Fsp3) is 0.643. The first-order chi connectivity index (χ1) is 9.85. The van der Waals surface area contributed by atoms with Crippen LogP contribution >= 0.6 is 0 Å². The van der Waals surface area contributed by atoms with Crippen LogP contribution in [-0.2, 0) is 0 Å². The van der Waals surface area contributed by atoms with Crippen LogP contribution in [0.25, 0.3) is 11.0 Å². The molecule has 0 aliphatic rings. The Morgan fingerprint density at radius 3 is 2.80 bits per heavy atom. The Kier molecular flexibility index (Phi) is 5.58. The van der Waals surface area contributed by atoms with Gasteiger partial charge in [0.2, 0.25) is 11.8 Å². The third-order valence-corrected chi connectivity index (χ3v) is 3.10. The predicted molar refractivity (Wildman–Crippen MR) is 80.1 cm³/mol. The molecule has 0 aliphatic carbocycles. The van der Waals surface area contributed by atoms with Crippen molar-refractivity contribution in [2.24, 2.45) is 0 Å². The minimum Gasteiger partial charge on any atom is -0.477 e. The monoisotopic (exact) mass is 277 g/mol. The number of fused-ring (bicyclic) bond motifs is 1. The molecule has 20 heavy (non-hydrogen) atoms. The number of H-pyrrole nitrogens is 1. The normalized spacial score (nSPS) is 10.9. The van der Waals surface area contributed by atoms with Crippen LogP contribution in [0.1, 0.15) is 46.0 Å². The number of nitrogens with one attached hydrogen (secondary N) is 2. The highest BCUT2D eigenvalue weighted by atomic mass is 16.5. The van der Waals surface area contributed by atoms with Crippen LogP contribution < -0.4 is 10.1 Å². The molecule has 2 heterocycles. The number of anilines is 1. The van der Waals surface area contributed by atoms with Crippen molar-refractivity contribution in [3.05, 3.63) is 6.20 Å². The molecule has 6 heteroatoms. The Bertz CT molecular complexity index is 525. The summed E-state index contributed by atoms with van der Waals surface area (Å²) in [4.78, 5) is 8.73. The van der Waals surface area contributed by atoms with Crippen molar-refractivity contribution in [3.8, 4) is 5.88 Å². The molecule has 0 bridgehead atoms. The number of unbranched alkanes of at least 4 members (excludes halogenated alkanes) is 4. The van der Waals surface area contributed by atoms with E-state index < -0.39 is 0 Å². The Balaban J connectivity index is 1.95. The van der Waals surface area contributed by atoms with Gasteiger partial charge < -0.3 is 10.1 Å². The van der Waals surface area contributed by atoms with E-state index in [2.05, 4.69) is 32.4 Å². The molecule has 2 aromatic heterocycles. The zero-order valence-electron chi connectivity index (χ0n) is 12.3. The zero-order chi connectivity index (χ0) is 14.2. The Hall–Kier alpha value is -1.85. The van der Waals surface area contributed by atoms with Crippen LogP contribution in [0.5, 0.6) is 5.88 Å². The second-order valence-electron chi connectivity index (χ2n) is 4.78. The lowest BCUT2D eigenvalue weighted by Crippen LogP contribution is -2.05. The van der Waals surface area contributed by atoms with Crippen LogP contribution in [0.3, 0.4) is 0 Å². The molecular weight excluding hydrogens is 254 g/mol. The first kappa shape index (κ1) is 14.6. The second kappa shape index (κ2) is 7.67. The van der Waals surface area contributed by atoms with E-state index in [1.807, 2.05) is 6.92 Å². The average molecular weight is 277 g/mol. The molecule has 0 aromatic carbocycles. The van der Waals surface area contributed by atoms with Gasteiger partial charge in [0.1, 0.15) is 5.39 Å². The third-order valence-electron chi connectivity index (χ3n) is 3.10. The maximum absolute atomic E-state index is 5.79. The zero-order valence-corrected chi connectivity index (χ0v) is 12.3. The summed E-state index contributed by atoms with van der Waals surface area (Å²) in [6.45, 7) is 5.69. The van der Waals surface area contributed by atoms with E-state index in [1.165, 1.54) is 25.7 Å². The number of aromatic nitrogens is 4. The van der Waals surface area contributed by atoms with E-state index in [4.69, 9.17) is 4.74 Å². The molecule has 110 valence electrons. The summed E-state index contributed by atoms with van der Waals surface area (Å²) in [7, 11) is 0. The number of rotatable bonds is 9. The van der Waals surface area contributed by atoms with Gasteiger partial charge in [0.25, 0.3) is 0 Å². The third kappa shape index (κ3) is 3.82. The molecule has 0 spiro atoms. The van der Waals surface area contributed by atoms with Gasteiger partial charge in [0.05, 0.1) is 12.8 Å². The minimum atomic E-state index is 0.574. The summed E-state index contributed by atoms with van der Waals surface area (Å²) >= 11 is 0. The van der Waals surface area contributed by atoms with E-state index in [0.717, 1.165) is 18.4 Å². The van der Waals surface area contributed by atoms with Crippen molar-refractivity contribution >= 4 is 17.0 Å². The van der Waals surface area contributed by atoms with Gasteiger partial charge in [-0.2, -0.15) is 15.1 Å². The standard InChI is InChI=1S/C14H23N5O/c1-3-5-6-7-8-9-20-13-11-10-16-19-12(11)17-14(18-13)15-4-2/h10H,3-9H2,1-2H3,(H2,15,16,17,18,19). The van der Waals surface area contributed by atoms with Crippen LogP contribution in [0.2, 0.25) is 0 Å². The molecule has 6 nitrogen and oxygen atoms in total. The summed E-state index contributed by atoms with van der Waals surface area (Å²) in [6.07, 6.45) is 7.79. The molecule has 2 aromatic rings. The van der Waals surface area contributed by atoms with Crippen molar-refractivity contribution in [1.82, 2.24) is 20.2 Å². The maximum Gasteiger partial charge on any atom is 0.229 e. The van der Waals surface area contributed by atoms with Crippen LogP contribution in [0, 0.1) is 0 Å². The summed E-state index contributed by atoms with van der Waals surface area (Å²) < 4.78 is 5.79. The Labute approximate surface area is 119 Å². The molecule has 0 radical (unpaired) electrons. The lowest BCUT2D eigenvalue weighted by molar-refractivity contribution is 0.297. The summed E-state index contributed by atoms with van der Waals surface area (Å²) in [5, 5.41) is 10.8. The average Bonchev–Trinajstić information content (AvgIpc) is 2.91.